The van der Waals surface area contributed by atoms with Gasteiger partial charge in [0.15, 0.2) is 0 Å². The smallest absolute Gasteiger partial charge is 0.0861 e. The average molecular weight is 231 g/mol. The first-order valence-corrected chi connectivity index (χ1v) is 4.17. The van der Waals surface area contributed by atoms with E-state index in [9.17, 15) is 0 Å². The van der Waals surface area contributed by atoms with Crippen LogP contribution in [0.25, 0.3) is 0 Å². The van der Waals surface area contributed by atoms with Crippen molar-refractivity contribution in [2.75, 3.05) is 20.2 Å². The van der Waals surface area contributed by atoms with Crippen LogP contribution >= 0.6 is 24.8 Å². The van der Waals surface area contributed by atoms with Gasteiger partial charge in [-0.15, -0.1) is 24.8 Å². The van der Waals surface area contributed by atoms with Crippen molar-refractivity contribution < 1.29 is 4.74 Å². The molecule has 0 aromatic carbocycles. The van der Waals surface area contributed by atoms with Gasteiger partial charge in [-0.1, -0.05) is 0 Å². The Morgan fingerprint density at radius 1 is 1.31 bits per heavy atom. The summed E-state index contributed by atoms with van der Waals surface area (Å²) >= 11 is 0. The molecule has 0 spiro atoms. The van der Waals surface area contributed by atoms with E-state index >= 15 is 0 Å². The summed E-state index contributed by atoms with van der Waals surface area (Å²) in [4.78, 5) is 2.35. The van der Waals surface area contributed by atoms with Gasteiger partial charge >= 0.3 is 0 Å². The van der Waals surface area contributed by atoms with Crippen LogP contribution in [0.3, 0.4) is 0 Å². The van der Waals surface area contributed by atoms with Crippen LogP contribution in [0.2, 0.25) is 0 Å². The summed E-state index contributed by atoms with van der Waals surface area (Å²) in [7, 11) is 1.73. The van der Waals surface area contributed by atoms with Gasteiger partial charge < -0.3 is 10.5 Å². The fourth-order valence-electron chi connectivity index (χ4n) is 1.50. The van der Waals surface area contributed by atoms with Crippen LogP contribution in [0.4, 0.5) is 0 Å². The maximum absolute atomic E-state index is 5.85. The van der Waals surface area contributed by atoms with Crippen molar-refractivity contribution in [3.63, 3.8) is 0 Å². The third-order valence-corrected chi connectivity index (χ3v) is 2.37. The Morgan fingerprint density at radius 3 is 2.08 bits per heavy atom. The molecule has 1 aliphatic rings. The van der Waals surface area contributed by atoms with Crippen molar-refractivity contribution in [2.24, 2.45) is 5.73 Å². The fourth-order valence-corrected chi connectivity index (χ4v) is 1.50. The van der Waals surface area contributed by atoms with Crippen LogP contribution in [0.5, 0.6) is 0 Å². The highest BCUT2D eigenvalue weighted by Crippen LogP contribution is 2.13. The number of rotatable bonds is 2. The third-order valence-electron chi connectivity index (χ3n) is 2.37. The number of likely N-dealkylation sites (tertiary alicyclic amines) is 1. The predicted molar refractivity (Wildman–Crippen MR) is 60.0 cm³/mol. The fraction of sp³-hybridized carbons (Fsp3) is 1.00. The van der Waals surface area contributed by atoms with E-state index in [2.05, 4.69) is 18.7 Å². The molecule has 1 fully saturated rings. The van der Waals surface area contributed by atoms with Gasteiger partial charge in [0.25, 0.3) is 0 Å². The van der Waals surface area contributed by atoms with Gasteiger partial charge in [-0.25, -0.2) is 0 Å². The summed E-state index contributed by atoms with van der Waals surface area (Å²) in [6, 6.07) is 0.781. The van der Waals surface area contributed by atoms with Gasteiger partial charge in [-0.05, 0) is 13.8 Å². The van der Waals surface area contributed by atoms with E-state index in [4.69, 9.17) is 10.5 Å². The van der Waals surface area contributed by atoms with E-state index in [1.165, 1.54) is 0 Å². The summed E-state index contributed by atoms with van der Waals surface area (Å²) in [6.07, 6.45) is 0.234. The Balaban J connectivity index is 0. The molecule has 2 N–H and O–H groups in total. The molecule has 1 aliphatic heterocycles. The largest absolute Gasteiger partial charge is 0.378 e. The molecular weight excluding hydrogens is 211 g/mol. The third kappa shape index (κ3) is 4.00. The van der Waals surface area contributed by atoms with Crippen LogP contribution in [0.1, 0.15) is 13.8 Å². The predicted octanol–water partition coefficient (Wildman–Crippen LogP) is 0.896. The number of methoxy groups -OCH3 is 1. The number of halogens is 2. The molecule has 2 atom stereocenters. The zero-order valence-corrected chi connectivity index (χ0v) is 10.0. The lowest BCUT2D eigenvalue weighted by molar-refractivity contribution is 0.0951. The maximum atomic E-state index is 5.85. The molecule has 13 heavy (non-hydrogen) atoms. The van der Waals surface area contributed by atoms with Crippen LogP contribution in [0.15, 0.2) is 0 Å². The van der Waals surface area contributed by atoms with E-state index in [1.54, 1.807) is 7.11 Å². The normalized spacial score (nSPS) is 28.4. The summed E-state index contributed by atoms with van der Waals surface area (Å²) in [5, 5.41) is 0. The lowest BCUT2D eigenvalue weighted by atomic mass is 10.2. The van der Waals surface area contributed by atoms with Crippen molar-refractivity contribution in [1.82, 2.24) is 4.90 Å². The molecule has 0 bridgehead atoms. The molecule has 0 aliphatic carbocycles. The van der Waals surface area contributed by atoms with E-state index < -0.39 is 0 Å². The highest BCUT2D eigenvalue weighted by molar-refractivity contribution is 5.85. The molecule has 0 aromatic rings. The monoisotopic (exact) mass is 230 g/mol. The Morgan fingerprint density at radius 2 is 1.85 bits per heavy atom. The first-order valence-electron chi connectivity index (χ1n) is 4.17. The topological polar surface area (TPSA) is 38.5 Å². The lowest BCUT2D eigenvalue weighted by Gasteiger charge is -2.19. The zero-order valence-electron chi connectivity index (χ0n) is 8.40. The maximum Gasteiger partial charge on any atom is 0.0861 e. The minimum atomic E-state index is 0. The molecule has 1 rings (SSSR count). The van der Waals surface area contributed by atoms with Crippen LogP contribution < -0.4 is 5.73 Å². The second-order valence-corrected chi connectivity index (χ2v) is 3.49. The first kappa shape index (κ1) is 15.9. The van der Waals surface area contributed by atoms with Gasteiger partial charge in [-0.3, -0.25) is 4.90 Å². The van der Waals surface area contributed by atoms with E-state index in [0.29, 0.717) is 6.04 Å². The van der Waals surface area contributed by atoms with Crippen LogP contribution in [0, 0.1) is 0 Å². The minimum Gasteiger partial charge on any atom is -0.378 e. The minimum absolute atomic E-state index is 0. The van der Waals surface area contributed by atoms with E-state index in [1.807, 2.05) is 0 Å². The second-order valence-electron chi connectivity index (χ2n) is 3.49. The Hall–Kier alpha value is 0.460. The Bertz CT molecular complexity index is 135. The molecule has 0 radical (unpaired) electrons. The molecule has 5 heteroatoms. The quantitative estimate of drug-likeness (QED) is 0.767. The van der Waals surface area contributed by atoms with Gasteiger partial charge in [0.05, 0.1) is 6.10 Å². The lowest BCUT2D eigenvalue weighted by Crippen LogP contribution is -2.34. The number of nitrogens with two attached hydrogens (primary N) is 1. The SMILES string of the molecule is CO[C@@H]1CN(C(C)C)C[C@H]1N.Cl.Cl. The zero-order chi connectivity index (χ0) is 8.43. The number of nitrogens with zero attached hydrogens (tertiary/aromatic N) is 1. The van der Waals surface area contributed by atoms with Gasteiger partial charge in [0.2, 0.25) is 0 Å². The van der Waals surface area contributed by atoms with Crippen molar-refractivity contribution in [3.05, 3.63) is 0 Å². The molecule has 0 saturated carbocycles. The number of hydrogen-bond acceptors (Lipinski definition) is 3. The van der Waals surface area contributed by atoms with Gasteiger partial charge in [-0.2, -0.15) is 0 Å². The molecule has 1 heterocycles. The Labute approximate surface area is 92.8 Å². The highest BCUT2D eigenvalue weighted by atomic mass is 35.5. The number of hydrogen-bond donors (Lipinski definition) is 1. The molecule has 0 aromatic heterocycles. The Kier molecular flexibility index (Phi) is 8.38. The average Bonchev–Trinajstić information content (AvgIpc) is 2.31. The van der Waals surface area contributed by atoms with Crippen LogP contribution in [-0.4, -0.2) is 43.3 Å². The summed E-state index contributed by atoms with van der Waals surface area (Å²) in [6.45, 7) is 6.32. The van der Waals surface area contributed by atoms with E-state index in [-0.39, 0.29) is 37.0 Å². The summed E-state index contributed by atoms with van der Waals surface area (Å²) in [5.41, 5.74) is 5.85. The molecule has 82 valence electrons. The van der Waals surface area contributed by atoms with Gasteiger partial charge in [0.1, 0.15) is 0 Å². The molecule has 1 saturated heterocycles. The van der Waals surface area contributed by atoms with Crippen molar-refractivity contribution in [3.8, 4) is 0 Å². The van der Waals surface area contributed by atoms with E-state index in [0.717, 1.165) is 13.1 Å². The van der Waals surface area contributed by atoms with Gasteiger partial charge in [0, 0.05) is 32.3 Å². The van der Waals surface area contributed by atoms with Crippen molar-refractivity contribution in [2.45, 2.75) is 32.0 Å². The standard InChI is InChI=1S/C8H18N2O.2ClH/c1-6(2)10-4-7(9)8(5-10)11-3;;/h6-8H,4-5,9H2,1-3H3;2*1H/t7-,8-;;/m1../s1. The summed E-state index contributed by atoms with van der Waals surface area (Å²) in [5.74, 6) is 0. The highest BCUT2D eigenvalue weighted by Gasteiger charge is 2.30. The summed E-state index contributed by atoms with van der Waals surface area (Å²) < 4.78 is 5.24. The molecule has 3 nitrogen and oxygen atoms in total. The van der Waals surface area contributed by atoms with Crippen molar-refractivity contribution >= 4 is 24.8 Å². The molecule has 0 unspecified atom stereocenters. The second kappa shape index (κ2) is 6.85. The number of ether oxygens (including phenoxy) is 1. The van der Waals surface area contributed by atoms with Crippen LogP contribution in [-0.2, 0) is 4.74 Å². The van der Waals surface area contributed by atoms with Crippen molar-refractivity contribution in [1.29, 1.82) is 0 Å². The first-order chi connectivity index (χ1) is 5.15. The molecule has 0 amide bonds. The molecular formula is C8H20Cl2N2O.